The van der Waals surface area contributed by atoms with Crippen molar-refractivity contribution in [1.82, 2.24) is 14.7 Å². The Balaban J connectivity index is 1.88. The molecule has 0 amide bonds. The van der Waals surface area contributed by atoms with Gasteiger partial charge in [-0.15, -0.1) is 0 Å². The second-order valence-corrected chi connectivity index (χ2v) is 8.25. The Morgan fingerprint density at radius 1 is 0.533 bits per heavy atom. The second-order valence-electron chi connectivity index (χ2n) is 8.25. The number of hydrogen-bond donors (Lipinski definition) is 3. The van der Waals surface area contributed by atoms with E-state index in [4.69, 9.17) is 0 Å². The Labute approximate surface area is 174 Å². The van der Waals surface area contributed by atoms with Crippen molar-refractivity contribution in [3.8, 4) is 0 Å². The molecule has 0 unspecified atom stereocenters. The number of benzene rings is 1. The molecule has 3 heterocycles. The fraction of sp³-hybridized carbons (Fsp3) is 0.571. The molecule has 3 fully saturated rings. The maximum Gasteiger partial charge on any atom is 0.337 e. The van der Waals surface area contributed by atoms with E-state index in [9.17, 15) is 29.7 Å². The highest BCUT2D eigenvalue weighted by Crippen LogP contribution is 2.32. The first-order valence-electron chi connectivity index (χ1n) is 10.4. The molecule has 9 heteroatoms. The summed E-state index contributed by atoms with van der Waals surface area (Å²) in [5.41, 5.74) is 0.451. The molecule has 1 aromatic carbocycles. The van der Waals surface area contributed by atoms with E-state index in [2.05, 4.69) is 14.7 Å². The molecular weight excluding hydrogens is 390 g/mol. The molecule has 0 atom stereocenters. The highest BCUT2D eigenvalue weighted by molar-refractivity contribution is 6.11. The largest absolute Gasteiger partial charge is 0.478 e. The van der Waals surface area contributed by atoms with Gasteiger partial charge in [0, 0.05) is 58.9 Å². The van der Waals surface area contributed by atoms with Crippen LogP contribution < -0.4 is 0 Å². The van der Waals surface area contributed by atoms with Crippen molar-refractivity contribution in [3.05, 3.63) is 33.4 Å². The monoisotopic (exact) mass is 417 g/mol. The molecule has 3 saturated heterocycles. The molecule has 1 aromatic rings. The minimum absolute atomic E-state index is 0.349. The standard InChI is InChI=1S/C21H27N3O6/c25-19(26)16-14(2-5-23-9-10-23)13(1-4-22-7-8-22)15(3-6-24-11-12-24)17(20(27)28)18(16)21(29)30/h1-12H2,(H,25,26)(H,27,28)(H,29,30). The van der Waals surface area contributed by atoms with E-state index < -0.39 is 23.5 Å². The first kappa shape index (κ1) is 20.8. The fourth-order valence-electron chi connectivity index (χ4n) is 4.14. The van der Waals surface area contributed by atoms with Gasteiger partial charge in [-0.05, 0) is 36.0 Å². The quantitative estimate of drug-likeness (QED) is 0.414. The van der Waals surface area contributed by atoms with Gasteiger partial charge in [0.2, 0.25) is 0 Å². The summed E-state index contributed by atoms with van der Waals surface area (Å²) in [7, 11) is 0. The minimum atomic E-state index is -1.50. The van der Waals surface area contributed by atoms with Crippen LogP contribution in [-0.4, -0.2) is 107 Å². The van der Waals surface area contributed by atoms with Crippen LogP contribution in [0.25, 0.3) is 0 Å². The van der Waals surface area contributed by atoms with Crippen molar-refractivity contribution in [3.63, 3.8) is 0 Å². The van der Waals surface area contributed by atoms with Gasteiger partial charge < -0.3 is 30.0 Å². The Kier molecular flexibility index (Phi) is 5.77. The van der Waals surface area contributed by atoms with Gasteiger partial charge in [-0.3, -0.25) is 0 Å². The van der Waals surface area contributed by atoms with Crippen LogP contribution in [0.1, 0.15) is 47.8 Å². The molecule has 3 aliphatic rings. The van der Waals surface area contributed by atoms with Crippen LogP contribution in [0.5, 0.6) is 0 Å². The van der Waals surface area contributed by atoms with Crippen molar-refractivity contribution in [2.24, 2.45) is 0 Å². The average Bonchev–Trinajstić information content (AvgIpc) is 3.54. The third kappa shape index (κ3) is 4.63. The van der Waals surface area contributed by atoms with Crippen LogP contribution in [0, 0.1) is 0 Å². The van der Waals surface area contributed by atoms with Crippen LogP contribution in [-0.2, 0) is 19.3 Å². The molecule has 9 nitrogen and oxygen atoms in total. The van der Waals surface area contributed by atoms with E-state index in [0.29, 0.717) is 43.5 Å². The average molecular weight is 417 g/mol. The first-order chi connectivity index (χ1) is 14.4. The number of carbonyl (C=O) groups is 3. The molecule has 0 bridgehead atoms. The van der Waals surface area contributed by atoms with Crippen molar-refractivity contribution in [2.45, 2.75) is 19.3 Å². The van der Waals surface area contributed by atoms with E-state index in [1.807, 2.05) is 0 Å². The van der Waals surface area contributed by atoms with Crippen LogP contribution in [0.3, 0.4) is 0 Å². The highest BCUT2D eigenvalue weighted by Gasteiger charge is 2.34. The zero-order valence-electron chi connectivity index (χ0n) is 16.9. The van der Waals surface area contributed by atoms with Gasteiger partial charge in [-0.2, -0.15) is 0 Å². The summed E-state index contributed by atoms with van der Waals surface area (Å²) >= 11 is 0. The minimum Gasteiger partial charge on any atom is -0.478 e. The SMILES string of the molecule is O=C(O)c1c(CCN2CC2)c(CCN2CC2)c(CCN2CC2)c(C(=O)O)c1C(=O)O. The molecule has 3 aliphatic heterocycles. The van der Waals surface area contributed by atoms with Gasteiger partial charge >= 0.3 is 17.9 Å². The predicted molar refractivity (Wildman–Crippen MR) is 108 cm³/mol. The van der Waals surface area contributed by atoms with E-state index in [1.54, 1.807) is 0 Å². The van der Waals surface area contributed by atoms with Gasteiger partial charge in [-0.25, -0.2) is 14.4 Å². The van der Waals surface area contributed by atoms with Crippen LogP contribution in [0.4, 0.5) is 0 Å². The molecule has 0 aromatic heterocycles. The first-order valence-corrected chi connectivity index (χ1v) is 10.4. The van der Waals surface area contributed by atoms with Crippen molar-refractivity contribution < 1.29 is 29.7 Å². The Hall–Kier alpha value is -2.49. The van der Waals surface area contributed by atoms with Gasteiger partial charge in [0.25, 0.3) is 0 Å². The zero-order chi connectivity index (χ0) is 21.4. The number of carboxylic acids is 3. The Bertz CT molecular complexity index is 832. The Morgan fingerprint density at radius 2 is 0.833 bits per heavy atom. The number of hydrogen-bond acceptors (Lipinski definition) is 6. The summed E-state index contributed by atoms with van der Waals surface area (Å²) in [6, 6.07) is 0. The smallest absolute Gasteiger partial charge is 0.337 e. The lowest BCUT2D eigenvalue weighted by molar-refractivity contribution is 0.0631. The van der Waals surface area contributed by atoms with Crippen molar-refractivity contribution in [1.29, 1.82) is 0 Å². The predicted octanol–water partition coefficient (Wildman–Crippen LogP) is 0.356. The summed E-state index contributed by atoms with van der Waals surface area (Å²) in [4.78, 5) is 43.0. The van der Waals surface area contributed by atoms with Crippen molar-refractivity contribution in [2.75, 3.05) is 58.9 Å². The molecule has 4 rings (SSSR count). The molecule has 0 saturated carbocycles. The molecule has 0 aliphatic carbocycles. The number of carboxylic acid groups (broad SMARTS) is 3. The summed E-state index contributed by atoms with van der Waals surface area (Å²) in [5.74, 6) is -4.24. The highest BCUT2D eigenvalue weighted by atomic mass is 16.4. The third-order valence-electron chi connectivity index (χ3n) is 6.13. The topological polar surface area (TPSA) is 121 Å². The van der Waals surface area contributed by atoms with Crippen LogP contribution in [0.15, 0.2) is 0 Å². The lowest BCUT2D eigenvalue weighted by Crippen LogP contribution is -2.25. The molecule has 30 heavy (non-hydrogen) atoms. The molecular formula is C21H27N3O6. The maximum absolute atomic E-state index is 12.2. The summed E-state index contributed by atoms with van der Waals surface area (Å²) in [6.07, 6.45) is 1.35. The maximum atomic E-state index is 12.2. The van der Waals surface area contributed by atoms with Gasteiger partial charge in [0.15, 0.2) is 0 Å². The Morgan fingerprint density at radius 3 is 1.10 bits per heavy atom. The molecule has 162 valence electrons. The van der Waals surface area contributed by atoms with Gasteiger partial charge in [0.05, 0.1) is 16.7 Å². The normalized spacial score (nSPS) is 18.4. The van der Waals surface area contributed by atoms with E-state index in [-0.39, 0.29) is 11.1 Å². The lowest BCUT2D eigenvalue weighted by atomic mass is 9.82. The molecule has 3 N–H and O–H groups in total. The lowest BCUT2D eigenvalue weighted by Gasteiger charge is -2.23. The van der Waals surface area contributed by atoms with E-state index in [0.717, 1.165) is 51.4 Å². The zero-order valence-corrected chi connectivity index (χ0v) is 16.9. The van der Waals surface area contributed by atoms with Gasteiger partial charge in [-0.1, -0.05) is 0 Å². The van der Waals surface area contributed by atoms with Crippen LogP contribution in [0.2, 0.25) is 0 Å². The fourth-order valence-corrected chi connectivity index (χ4v) is 4.14. The number of nitrogens with zero attached hydrogens (tertiary/aromatic N) is 3. The molecule has 0 spiro atoms. The second kappa shape index (κ2) is 8.33. The van der Waals surface area contributed by atoms with Crippen molar-refractivity contribution >= 4 is 17.9 Å². The van der Waals surface area contributed by atoms with Gasteiger partial charge in [0.1, 0.15) is 0 Å². The summed E-state index contributed by atoms with van der Waals surface area (Å²) in [5, 5.41) is 29.7. The number of aromatic carboxylic acids is 3. The summed E-state index contributed by atoms with van der Waals surface area (Å²) < 4.78 is 0. The third-order valence-corrected chi connectivity index (χ3v) is 6.13. The molecule has 0 radical (unpaired) electrons. The van der Waals surface area contributed by atoms with E-state index >= 15 is 0 Å². The number of rotatable bonds is 12. The summed E-state index contributed by atoms with van der Waals surface area (Å²) in [6.45, 7) is 7.78. The van der Waals surface area contributed by atoms with E-state index in [1.165, 1.54) is 0 Å². The van der Waals surface area contributed by atoms with Crippen LogP contribution >= 0.6 is 0 Å².